The van der Waals surface area contributed by atoms with E-state index in [1.54, 1.807) is 16.8 Å². The molecular formula is C13H16N4O2. The van der Waals surface area contributed by atoms with E-state index < -0.39 is 5.97 Å². The van der Waals surface area contributed by atoms with Crippen LogP contribution in [0, 0.1) is 0 Å². The van der Waals surface area contributed by atoms with Gasteiger partial charge in [-0.25, -0.2) is 14.3 Å². The molecule has 1 aliphatic rings. The minimum absolute atomic E-state index is 0.242. The third-order valence-electron chi connectivity index (χ3n) is 3.48. The Morgan fingerprint density at radius 3 is 2.89 bits per heavy atom. The summed E-state index contributed by atoms with van der Waals surface area (Å²) >= 11 is 0. The SMILES string of the molecule is O=C(O)c1ccn2nc(CCN3CCCC3)nc2c1. The Morgan fingerprint density at radius 2 is 2.16 bits per heavy atom. The van der Waals surface area contributed by atoms with Crippen molar-refractivity contribution in [3.63, 3.8) is 0 Å². The molecule has 0 saturated carbocycles. The molecule has 6 heteroatoms. The van der Waals surface area contributed by atoms with Gasteiger partial charge < -0.3 is 10.0 Å². The Hall–Kier alpha value is -1.95. The van der Waals surface area contributed by atoms with Crippen LogP contribution in [0.2, 0.25) is 0 Å². The number of carbonyl (C=O) groups is 1. The summed E-state index contributed by atoms with van der Waals surface area (Å²) in [6.45, 7) is 3.30. The molecule has 0 amide bonds. The maximum atomic E-state index is 10.9. The lowest BCUT2D eigenvalue weighted by atomic mass is 10.3. The van der Waals surface area contributed by atoms with E-state index in [9.17, 15) is 4.79 Å². The van der Waals surface area contributed by atoms with Crippen LogP contribution in [-0.4, -0.2) is 50.2 Å². The van der Waals surface area contributed by atoms with Crippen LogP contribution in [0.5, 0.6) is 0 Å². The third kappa shape index (κ3) is 2.58. The summed E-state index contributed by atoms with van der Waals surface area (Å²) in [6.07, 6.45) is 5.01. The van der Waals surface area contributed by atoms with Crippen molar-refractivity contribution in [3.8, 4) is 0 Å². The molecule has 0 bridgehead atoms. The van der Waals surface area contributed by atoms with Crippen molar-refractivity contribution in [1.29, 1.82) is 0 Å². The molecule has 0 aromatic carbocycles. The van der Waals surface area contributed by atoms with Crippen molar-refractivity contribution < 1.29 is 9.90 Å². The molecule has 0 spiro atoms. The van der Waals surface area contributed by atoms with Gasteiger partial charge in [-0.2, -0.15) is 5.10 Å². The zero-order valence-corrected chi connectivity index (χ0v) is 10.6. The summed E-state index contributed by atoms with van der Waals surface area (Å²) in [5, 5.41) is 13.3. The average Bonchev–Trinajstić information content (AvgIpc) is 3.04. The third-order valence-corrected chi connectivity index (χ3v) is 3.48. The number of carboxylic acid groups (broad SMARTS) is 1. The molecule has 3 heterocycles. The molecule has 0 unspecified atom stereocenters. The molecule has 1 aliphatic heterocycles. The standard InChI is InChI=1S/C13H16N4O2/c18-13(19)10-3-8-17-12(9-10)14-11(15-17)4-7-16-5-1-2-6-16/h3,8-9H,1-2,4-7H2,(H,18,19). The Balaban J connectivity index is 1.75. The van der Waals surface area contributed by atoms with Crippen LogP contribution in [-0.2, 0) is 6.42 Å². The summed E-state index contributed by atoms with van der Waals surface area (Å²) in [5.74, 6) is -0.168. The molecule has 0 atom stereocenters. The molecule has 100 valence electrons. The number of likely N-dealkylation sites (tertiary alicyclic amines) is 1. The van der Waals surface area contributed by atoms with Crippen LogP contribution < -0.4 is 0 Å². The molecule has 1 N–H and O–H groups in total. The highest BCUT2D eigenvalue weighted by molar-refractivity contribution is 5.88. The number of aromatic nitrogens is 3. The van der Waals surface area contributed by atoms with Crippen LogP contribution in [0.3, 0.4) is 0 Å². The molecule has 0 radical (unpaired) electrons. The van der Waals surface area contributed by atoms with E-state index in [-0.39, 0.29) is 5.56 Å². The fourth-order valence-electron chi connectivity index (χ4n) is 2.43. The molecule has 0 aliphatic carbocycles. The van der Waals surface area contributed by atoms with E-state index in [2.05, 4.69) is 15.0 Å². The number of pyridine rings is 1. The van der Waals surface area contributed by atoms with Gasteiger partial charge in [-0.05, 0) is 38.1 Å². The van der Waals surface area contributed by atoms with Crippen LogP contribution in [0.15, 0.2) is 18.3 Å². The lowest BCUT2D eigenvalue weighted by Crippen LogP contribution is -2.22. The lowest BCUT2D eigenvalue weighted by Gasteiger charge is -2.12. The molecular weight excluding hydrogens is 244 g/mol. The molecule has 6 nitrogen and oxygen atoms in total. The van der Waals surface area contributed by atoms with Gasteiger partial charge in [0.2, 0.25) is 0 Å². The first-order valence-corrected chi connectivity index (χ1v) is 6.53. The number of rotatable bonds is 4. The number of nitrogens with zero attached hydrogens (tertiary/aromatic N) is 4. The summed E-state index contributed by atoms with van der Waals surface area (Å²) in [6, 6.07) is 3.09. The number of aromatic carboxylic acids is 1. The number of hydrogen-bond donors (Lipinski definition) is 1. The highest BCUT2D eigenvalue weighted by atomic mass is 16.4. The quantitative estimate of drug-likeness (QED) is 0.890. The Kier molecular flexibility index (Phi) is 3.16. The van der Waals surface area contributed by atoms with Gasteiger partial charge in [0.1, 0.15) is 0 Å². The van der Waals surface area contributed by atoms with E-state index in [1.165, 1.54) is 18.9 Å². The van der Waals surface area contributed by atoms with Gasteiger partial charge in [0.25, 0.3) is 0 Å². The lowest BCUT2D eigenvalue weighted by molar-refractivity contribution is 0.0697. The highest BCUT2D eigenvalue weighted by Crippen LogP contribution is 2.09. The fourth-order valence-corrected chi connectivity index (χ4v) is 2.43. The predicted molar refractivity (Wildman–Crippen MR) is 69.3 cm³/mol. The maximum absolute atomic E-state index is 10.9. The second-order valence-corrected chi connectivity index (χ2v) is 4.85. The number of fused-ring (bicyclic) bond motifs is 1. The van der Waals surface area contributed by atoms with Crippen molar-refractivity contribution in [1.82, 2.24) is 19.5 Å². The van der Waals surface area contributed by atoms with Crippen LogP contribution in [0.1, 0.15) is 29.0 Å². The molecule has 1 fully saturated rings. The molecule has 2 aromatic rings. The molecule has 3 rings (SSSR count). The highest BCUT2D eigenvalue weighted by Gasteiger charge is 2.13. The van der Waals surface area contributed by atoms with Gasteiger partial charge in [-0.3, -0.25) is 0 Å². The second-order valence-electron chi connectivity index (χ2n) is 4.85. The minimum Gasteiger partial charge on any atom is -0.478 e. The van der Waals surface area contributed by atoms with Crippen LogP contribution in [0.25, 0.3) is 5.65 Å². The van der Waals surface area contributed by atoms with E-state index >= 15 is 0 Å². The summed E-state index contributed by atoms with van der Waals surface area (Å²) in [5.41, 5.74) is 0.835. The van der Waals surface area contributed by atoms with Crippen molar-refractivity contribution in [2.24, 2.45) is 0 Å². The van der Waals surface area contributed by atoms with Gasteiger partial charge >= 0.3 is 5.97 Å². The molecule has 2 aromatic heterocycles. The second kappa shape index (κ2) is 4.97. The fraction of sp³-hybridized carbons (Fsp3) is 0.462. The van der Waals surface area contributed by atoms with Crippen molar-refractivity contribution in [2.45, 2.75) is 19.3 Å². The Labute approximate surface area is 110 Å². The van der Waals surface area contributed by atoms with Crippen molar-refractivity contribution in [3.05, 3.63) is 29.7 Å². The maximum Gasteiger partial charge on any atom is 0.335 e. The minimum atomic E-state index is -0.941. The zero-order valence-electron chi connectivity index (χ0n) is 10.6. The van der Waals surface area contributed by atoms with Gasteiger partial charge in [0, 0.05) is 19.2 Å². The largest absolute Gasteiger partial charge is 0.478 e. The smallest absolute Gasteiger partial charge is 0.335 e. The number of hydrogen-bond acceptors (Lipinski definition) is 4. The normalized spacial score (nSPS) is 16.2. The summed E-state index contributed by atoms with van der Waals surface area (Å²) in [7, 11) is 0. The Bertz CT molecular complexity index is 602. The van der Waals surface area contributed by atoms with Crippen LogP contribution in [0.4, 0.5) is 0 Å². The van der Waals surface area contributed by atoms with Crippen molar-refractivity contribution >= 4 is 11.6 Å². The summed E-state index contributed by atoms with van der Waals surface area (Å²) < 4.78 is 1.63. The average molecular weight is 260 g/mol. The zero-order chi connectivity index (χ0) is 13.2. The van der Waals surface area contributed by atoms with E-state index in [4.69, 9.17) is 5.11 Å². The van der Waals surface area contributed by atoms with Gasteiger partial charge in [-0.1, -0.05) is 0 Å². The number of carboxylic acids is 1. The van der Waals surface area contributed by atoms with E-state index in [0.717, 1.165) is 31.9 Å². The molecule has 1 saturated heterocycles. The first kappa shape index (κ1) is 12.1. The van der Waals surface area contributed by atoms with Gasteiger partial charge in [-0.15, -0.1) is 0 Å². The van der Waals surface area contributed by atoms with Gasteiger partial charge in [0.05, 0.1) is 5.56 Å². The monoisotopic (exact) mass is 260 g/mol. The van der Waals surface area contributed by atoms with Crippen molar-refractivity contribution in [2.75, 3.05) is 19.6 Å². The topological polar surface area (TPSA) is 70.7 Å². The Morgan fingerprint density at radius 1 is 1.37 bits per heavy atom. The van der Waals surface area contributed by atoms with E-state index in [0.29, 0.717) is 5.65 Å². The van der Waals surface area contributed by atoms with Crippen LogP contribution >= 0.6 is 0 Å². The van der Waals surface area contributed by atoms with Gasteiger partial charge in [0.15, 0.2) is 11.5 Å². The predicted octanol–water partition coefficient (Wildman–Crippen LogP) is 1.07. The van der Waals surface area contributed by atoms with E-state index in [1.807, 2.05) is 0 Å². The molecule has 19 heavy (non-hydrogen) atoms. The first-order chi connectivity index (χ1) is 9.22. The first-order valence-electron chi connectivity index (χ1n) is 6.53. The summed E-state index contributed by atoms with van der Waals surface area (Å²) in [4.78, 5) is 17.7.